The van der Waals surface area contributed by atoms with E-state index in [0.717, 1.165) is 27.1 Å². The highest BCUT2D eigenvalue weighted by Crippen LogP contribution is 2.30. The third-order valence-electron chi connectivity index (χ3n) is 2.66. The minimum Gasteiger partial charge on any atom is -0.443 e. The zero-order valence-corrected chi connectivity index (χ0v) is 13.8. The second kappa shape index (κ2) is 6.72. The van der Waals surface area contributed by atoms with E-state index in [4.69, 9.17) is 16.0 Å². The number of nitrogens with zero attached hydrogens (tertiary/aromatic N) is 1. The fourth-order valence-electron chi connectivity index (χ4n) is 1.76. The molecule has 3 nitrogen and oxygen atoms in total. The van der Waals surface area contributed by atoms with Crippen LogP contribution in [0.15, 0.2) is 29.0 Å². The van der Waals surface area contributed by atoms with Gasteiger partial charge in [-0.05, 0) is 53.3 Å². The van der Waals surface area contributed by atoms with Crippen LogP contribution in [0.3, 0.4) is 0 Å². The first-order valence-electron chi connectivity index (χ1n) is 6.16. The Labute approximate surface area is 131 Å². The maximum absolute atomic E-state index is 6.05. The third-order valence-corrected chi connectivity index (χ3v) is 3.84. The van der Waals surface area contributed by atoms with Crippen molar-refractivity contribution in [3.8, 4) is 11.3 Å². The molecule has 0 aliphatic heterocycles. The normalized spacial score (nSPS) is 11.2. The van der Waals surface area contributed by atoms with Crippen molar-refractivity contribution in [2.45, 2.75) is 20.4 Å². The molecule has 0 aliphatic carbocycles. The second-order valence-electron chi connectivity index (χ2n) is 4.78. The summed E-state index contributed by atoms with van der Waals surface area (Å²) in [6.45, 7) is 6.01. The van der Waals surface area contributed by atoms with Crippen molar-refractivity contribution in [2.75, 3.05) is 6.54 Å². The number of rotatable bonds is 5. The first-order valence-corrected chi connectivity index (χ1v) is 7.62. The molecule has 19 heavy (non-hydrogen) atoms. The number of benzene rings is 1. The van der Waals surface area contributed by atoms with Gasteiger partial charge in [0.15, 0.2) is 12.2 Å². The van der Waals surface area contributed by atoms with E-state index in [2.05, 4.69) is 46.7 Å². The Kier molecular flexibility index (Phi) is 5.24. The van der Waals surface area contributed by atoms with Crippen molar-refractivity contribution < 1.29 is 4.42 Å². The average molecular weight is 391 g/mol. The largest absolute Gasteiger partial charge is 0.443 e. The van der Waals surface area contributed by atoms with Crippen LogP contribution in [-0.2, 0) is 6.54 Å². The van der Waals surface area contributed by atoms with E-state index in [1.54, 1.807) is 0 Å². The predicted octanol–water partition coefficient (Wildman–Crippen LogP) is 4.35. The van der Waals surface area contributed by atoms with E-state index >= 15 is 0 Å². The molecule has 0 atom stereocenters. The summed E-state index contributed by atoms with van der Waals surface area (Å²) < 4.78 is 6.63. The van der Waals surface area contributed by atoms with Crippen molar-refractivity contribution in [2.24, 2.45) is 5.92 Å². The van der Waals surface area contributed by atoms with Gasteiger partial charge in [-0.3, -0.25) is 0 Å². The third kappa shape index (κ3) is 3.94. The zero-order valence-electron chi connectivity index (χ0n) is 10.9. The van der Waals surface area contributed by atoms with Gasteiger partial charge < -0.3 is 9.73 Å². The van der Waals surface area contributed by atoms with Crippen LogP contribution in [0.5, 0.6) is 0 Å². The Hall–Kier alpha value is -0.590. The van der Waals surface area contributed by atoms with Gasteiger partial charge in [-0.25, -0.2) is 4.98 Å². The molecule has 102 valence electrons. The van der Waals surface area contributed by atoms with E-state index in [1.165, 1.54) is 6.39 Å². The molecule has 0 saturated carbocycles. The van der Waals surface area contributed by atoms with Crippen LogP contribution >= 0.6 is 34.2 Å². The van der Waals surface area contributed by atoms with Crippen LogP contribution in [0.4, 0.5) is 0 Å². The van der Waals surface area contributed by atoms with Crippen LogP contribution in [0.2, 0.25) is 5.02 Å². The van der Waals surface area contributed by atoms with E-state index in [9.17, 15) is 0 Å². The van der Waals surface area contributed by atoms with E-state index < -0.39 is 0 Å². The molecule has 1 aromatic heterocycles. The summed E-state index contributed by atoms with van der Waals surface area (Å²) in [5.41, 5.74) is 1.91. The summed E-state index contributed by atoms with van der Waals surface area (Å²) in [5.74, 6) is 1.41. The lowest BCUT2D eigenvalue weighted by Gasteiger charge is -2.07. The Bertz CT molecular complexity index is 554. The smallest absolute Gasteiger partial charge is 0.181 e. The Morgan fingerprint density at radius 1 is 1.42 bits per heavy atom. The Balaban J connectivity index is 2.21. The standard InChI is InChI=1S/C14H16ClIN2O/c1-9(2)6-17-7-13-14(19-8-18-13)11-5-10(15)3-4-12(11)16/h3-5,8-9,17H,6-7H2,1-2H3. The highest BCUT2D eigenvalue weighted by atomic mass is 127. The molecule has 0 radical (unpaired) electrons. The van der Waals surface area contributed by atoms with Crippen LogP contribution in [-0.4, -0.2) is 11.5 Å². The highest BCUT2D eigenvalue weighted by Gasteiger charge is 2.14. The lowest BCUT2D eigenvalue weighted by molar-refractivity contribution is 0.545. The van der Waals surface area contributed by atoms with Crippen LogP contribution in [0.25, 0.3) is 11.3 Å². The van der Waals surface area contributed by atoms with Gasteiger partial charge in [0.2, 0.25) is 0 Å². The molecule has 0 amide bonds. The average Bonchev–Trinajstić information content (AvgIpc) is 2.80. The lowest BCUT2D eigenvalue weighted by atomic mass is 10.1. The van der Waals surface area contributed by atoms with Gasteiger partial charge in [-0.2, -0.15) is 0 Å². The fraction of sp³-hybridized carbons (Fsp3) is 0.357. The molecule has 5 heteroatoms. The van der Waals surface area contributed by atoms with E-state index in [0.29, 0.717) is 17.5 Å². The Morgan fingerprint density at radius 2 is 2.21 bits per heavy atom. The van der Waals surface area contributed by atoms with Crippen molar-refractivity contribution in [3.63, 3.8) is 0 Å². The summed E-state index contributed by atoms with van der Waals surface area (Å²) in [5, 5.41) is 4.08. The zero-order chi connectivity index (χ0) is 13.8. The number of aromatic nitrogens is 1. The minimum absolute atomic E-state index is 0.613. The molecule has 1 aromatic carbocycles. The van der Waals surface area contributed by atoms with Crippen LogP contribution in [0, 0.1) is 9.49 Å². The molecular formula is C14H16ClIN2O. The molecule has 1 N–H and O–H groups in total. The first kappa shape index (κ1) is 14.8. The summed E-state index contributed by atoms with van der Waals surface area (Å²) >= 11 is 8.33. The van der Waals surface area contributed by atoms with Gasteiger partial charge in [-0.1, -0.05) is 25.4 Å². The molecular weight excluding hydrogens is 375 g/mol. The summed E-state index contributed by atoms with van der Waals surface area (Å²) in [6.07, 6.45) is 1.48. The molecule has 0 aliphatic rings. The fourth-order valence-corrected chi connectivity index (χ4v) is 2.52. The number of hydrogen-bond acceptors (Lipinski definition) is 3. The summed E-state index contributed by atoms with van der Waals surface area (Å²) in [7, 11) is 0. The van der Waals surface area contributed by atoms with Crippen molar-refractivity contribution in [1.29, 1.82) is 0 Å². The van der Waals surface area contributed by atoms with Crippen molar-refractivity contribution in [3.05, 3.63) is 38.9 Å². The maximum atomic E-state index is 6.05. The monoisotopic (exact) mass is 390 g/mol. The highest BCUT2D eigenvalue weighted by molar-refractivity contribution is 14.1. The van der Waals surface area contributed by atoms with Gasteiger partial charge in [0.05, 0.1) is 0 Å². The van der Waals surface area contributed by atoms with Crippen LogP contribution in [0.1, 0.15) is 19.5 Å². The van der Waals surface area contributed by atoms with E-state index in [1.807, 2.05) is 18.2 Å². The SMILES string of the molecule is CC(C)CNCc1ncoc1-c1cc(Cl)ccc1I. The lowest BCUT2D eigenvalue weighted by Crippen LogP contribution is -2.19. The number of halogens is 2. The van der Waals surface area contributed by atoms with Crippen LogP contribution < -0.4 is 5.32 Å². The van der Waals surface area contributed by atoms with Gasteiger partial charge in [0.25, 0.3) is 0 Å². The predicted molar refractivity (Wildman–Crippen MR) is 86.2 cm³/mol. The van der Waals surface area contributed by atoms with Crippen molar-refractivity contribution >= 4 is 34.2 Å². The molecule has 0 unspecified atom stereocenters. The quantitative estimate of drug-likeness (QED) is 0.772. The van der Waals surface area contributed by atoms with Gasteiger partial charge >= 0.3 is 0 Å². The molecule has 0 saturated heterocycles. The topological polar surface area (TPSA) is 38.1 Å². The minimum atomic E-state index is 0.613. The van der Waals surface area contributed by atoms with Gasteiger partial charge in [0.1, 0.15) is 5.69 Å². The molecule has 0 bridgehead atoms. The molecule has 0 fully saturated rings. The second-order valence-corrected chi connectivity index (χ2v) is 6.38. The molecule has 2 rings (SSSR count). The molecule has 0 spiro atoms. The molecule has 2 aromatic rings. The van der Waals surface area contributed by atoms with Gasteiger partial charge in [-0.15, -0.1) is 0 Å². The summed E-state index contributed by atoms with van der Waals surface area (Å²) in [4.78, 5) is 4.28. The number of hydrogen-bond donors (Lipinski definition) is 1. The van der Waals surface area contributed by atoms with Crippen molar-refractivity contribution in [1.82, 2.24) is 10.3 Å². The van der Waals surface area contributed by atoms with Gasteiger partial charge in [0, 0.05) is 20.7 Å². The number of oxazole rings is 1. The summed E-state index contributed by atoms with van der Waals surface area (Å²) in [6, 6.07) is 5.77. The maximum Gasteiger partial charge on any atom is 0.181 e. The number of nitrogens with one attached hydrogen (secondary N) is 1. The van der Waals surface area contributed by atoms with E-state index in [-0.39, 0.29) is 0 Å². The first-order chi connectivity index (χ1) is 9.08. The Morgan fingerprint density at radius 3 is 2.95 bits per heavy atom. The molecule has 1 heterocycles.